The van der Waals surface area contributed by atoms with Gasteiger partial charge in [-0.3, -0.25) is 4.99 Å². The molecule has 0 atom stereocenters. The number of aliphatic imine (C=N–C) groups is 1. The molecule has 0 amide bonds. The highest BCUT2D eigenvalue weighted by Gasteiger charge is 2.20. The first-order valence-corrected chi connectivity index (χ1v) is 8.12. The lowest BCUT2D eigenvalue weighted by Gasteiger charge is -2.26. The number of guanidine groups is 1. The maximum Gasteiger partial charge on any atom is 0.191 e. The van der Waals surface area contributed by atoms with Crippen molar-refractivity contribution in [2.24, 2.45) is 4.99 Å². The maximum absolute atomic E-state index is 13.0. The molecule has 0 unspecified atom stereocenters. The van der Waals surface area contributed by atoms with Crippen LogP contribution in [0.25, 0.3) is 0 Å². The lowest BCUT2D eigenvalue weighted by atomic mass is 9.84. The van der Waals surface area contributed by atoms with Gasteiger partial charge in [-0.05, 0) is 29.1 Å². The molecule has 22 heavy (non-hydrogen) atoms. The van der Waals surface area contributed by atoms with Crippen LogP contribution in [0.5, 0.6) is 0 Å². The molecular formula is C17H22FN3S. The third kappa shape index (κ3) is 4.56. The molecule has 1 heterocycles. The van der Waals surface area contributed by atoms with Crippen molar-refractivity contribution in [1.29, 1.82) is 0 Å². The Labute approximate surface area is 135 Å². The summed E-state index contributed by atoms with van der Waals surface area (Å²) in [6, 6.07) is 10.8. The van der Waals surface area contributed by atoms with E-state index in [1.807, 2.05) is 18.2 Å². The molecule has 0 fully saturated rings. The van der Waals surface area contributed by atoms with Gasteiger partial charge in [0.1, 0.15) is 5.82 Å². The molecular weight excluding hydrogens is 297 g/mol. The highest BCUT2D eigenvalue weighted by atomic mass is 32.1. The quantitative estimate of drug-likeness (QED) is 0.653. The van der Waals surface area contributed by atoms with E-state index >= 15 is 0 Å². The van der Waals surface area contributed by atoms with Gasteiger partial charge < -0.3 is 10.6 Å². The van der Waals surface area contributed by atoms with Crippen LogP contribution < -0.4 is 10.6 Å². The van der Waals surface area contributed by atoms with Crippen molar-refractivity contribution in [2.75, 3.05) is 13.6 Å². The molecule has 2 aromatic rings. The van der Waals surface area contributed by atoms with E-state index in [-0.39, 0.29) is 11.2 Å². The van der Waals surface area contributed by atoms with E-state index in [1.54, 1.807) is 18.4 Å². The third-order valence-corrected chi connectivity index (χ3v) is 4.43. The lowest BCUT2D eigenvalue weighted by Crippen LogP contribution is -2.43. The number of benzene rings is 1. The standard InChI is InChI=1S/C17H22FN3S/c1-17(2,13-6-8-14(18)9-7-13)12-21-16(19-3)20-11-15-5-4-10-22-15/h4-10H,11-12H2,1-3H3,(H2,19,20,21). The second-order valence-electron chi connectivity index (χ2n) is 5.75. The molecule has 1 aromatic heterocycles. The van der Waals surface area contributed by atoms with Gasteiger partial charge in [-0.1, -0.05) is 32.0 Å². The van der Waals surface area contributed by atoms with E-state index < -0.39 is 0 Å². The zero-order chi connectivity index (χ0) is 16.0. The van der Waals surface area contributed by atoms with E-state index in [2.05, 4.69) is 40.9 Å². The molecule has 0 spiro atoms. The Hall–Kier alpha value is -1.88. The topological polar surface area (TPSA) is 36.4 Å². The van der Waals surface area contributed by atoms with Crippen LogP contribution >= 0.6 is 11.3 Å². The summed E-state index contributed by atoms with van der Waals surface area (Å²) in [7, 11) is 1.76. The summed E-state index contributed by atoms with van der Waals surface area (Å²) in [5.41, 5.74) is 0.976. The van der Waals surface area contributed by atoms with Crippen LogP contribution in [-0.4, -0.2) is 19.6 Å². The molecule has 0 aliphatic heterocycles. The Morgan fingerprint density at radius 2 is 1.91 bits per heavy atom. The molecule has 1 aromatic carbocycles. The largest absolute Gasteiger partial charge is 0.356 e. The molecule has 0 saturated heterocycles. The van der Waals surface area contributed by atoms with Gasteiger partial charge in [0, 0.05) is 23.9 Å². The minimum atomic E-state index is -0.207. The van der Waals surface area contributed by atoms with Gasteiger partial charge in [-0.2, -0.15) is 0 Å². The number of hydrogen-bond donors (Lipinski definition) is 2. The molecule has 0 saturated carbocycles. The van der Waals surface area contributed by atoms with Crippen molar-refractivity contribution in [2.45, 2.75) is 25.8 Å². The molecule has 118 valence electrons. The minimum absolute atomic E-state index is 0.117. The van der Waals surface area contributed by atoms with Gasteiger partial charge in [0.25, 0.3) is 0 Å². The zero-order valence-electron chi connectivity index (χ0n) is 13.2. The molecule has 0 aliphatic carbocycles. The lowest BCUT2D eigenvalue weighted by molar-refractivity contribution is 0.507. The van der Waals surface area contributed by atoms with Crippen LogP contribution in [-0.2, 0) is 12.0 Å². The van der Waals surface area contributed by atoms with Crippen LogP contribution in [0.4, 0.5) is 4.39 Å². The second-order valence-corrected chi connectivity index (χ2v) is 6.78. The Morgan fingerprint density at radius 1 is 1.18 bits per heavy atom. The highest BCUT2D eigenvalue weighted by Crippen LogP contribution is 2.22. The van der Waals surface area contributed by atoms with Gasteiger partial charge in [-0.25, -0.2) is 4.39 Å². The van der Waals surface area contributed by atoms with E-state index in [0.29, 0.717) is 6.54 Å². The maximum atomic E-state index is 13.0. The van der Waals surface area contributed by atoms with Crippen LogP contribution in [0.2, 0.25) is 0 Å². The van der Waals surface area contributed by atoms with E-state index in [4.69, 9.17) is 0 Å². The summed E-state index contributed by atoms with van der Waals surface area (Å²) in [5, 5.41) is 8.69. The first kappa shape index (κ1) is 16.5. The molecule has 0 bridgehead atoms. The molecule has 0 radical (unpaired) electrons. The van der Waals surface area contributed by atoms with Crippen molar-refractivity contribution in [1.82, 2.24) is 10.6 Å². The van der Waals surface area contributed by atoms with E-state index in [0.717, 1.165) is 18.1 Å². The molecule has 5 heteroatoms. The van der Waals surface area contributed by atoms with Crippen molar-refractivity contribution < 1.29 is 4.39 Å². The highest BCUT2D eigenvalue weighted by molar-refractivity contribution is 7.09. The second kappa shape index (κ2) is 7.40. The Balaban J connectivity index is 1.90. The first-order valence-electron chi connectivity index (χ1n) is 7.24. The average Bonchev–Trinajstić information content (AvgIpc) is 3.01. The smallest absolute Gasteiger partial charge is 0.191 e. The Bertz CT molecular complexity index is 603. The van der Waals surface area contributed by atoms with Gasteiger partial charge >= 0.3 is 0 Å². The fourth-order valence-corrected chi connectivity index (χ4v) is 2.76. The molecule has 3 nitrogen and oxygen atoms in total. The summed E-state index contributed by atoms with van der Waals surface area (Å²) in [5.74, 6) is 0.560. The normalized spacial score (nSPS) is 12.3. The van der Waals surface area contributed by atoms with E-state index in [1.165, 1.54) is 17.0 Å². The van der Waals surface area contributed by atoms with Crippen LogP contribution in [0.15, 0.2) is 46.8 Å². The molecule has 2 rings (SSSR count). The fourth-order valence-electron chi connectivity index (χ4n) is 2.11. The van der Waals surface area contributed by atoms with Gasteiger partial charge in [0.05, 0.1) is 6.54 Å². The summed E-state index contributed by atoms with van der Waals surface area (Å²) < 4.78 is 13.0. The zero-order valence-corrected chi connectivity index (χ0v) is 14.0. The summed E-state index contributed by atoms with van der Waals surface area (Å²) in [6.45, 7) is 5.72. The predicted molar refractivity (Wildman–Crippen MR) is 91.9 cm³/mol. The van der Waals surface area contributed by atoms with Gasteiger partial charge in [0.15, 0.2) is 5.96 Å². The number of nitrogens with one attached hydrogen (secondary N) is 2. The number of rotatable bonds is 5. The predicted octanol–water partition coefficient (Wildman–Crippen LogP) is 3.53. The Kier molecular flexibility index (Phi) is 5.55. The number of halogens is 1. The molecule has 0 aliphatic rings. The van der Waals surface area contributed by atoms with Crippen molar-refractivity contribution in [3.8, 4) is 0 Å². The Morgan fingerprint density at radius 3 is 2.50 bits per heavy atom. The van der Waals surface area contributed by atoms with Gasteiger partial charge in [0.2, 0.25) is 0 Å². The van der Waals surface area contributed by atoms with E-state index in [9.17, 15) is 4.39 Å². The summed E-state index contributed by atoms with van der Waals surface area (Å²) in [6.07, 6.45) is 0. The van der Waals surface area contributed by atoms with Crippen LogP contribution in [0.3, 0.4) is 0 Å². The van der Waals surface area contributed by atoms with Crippen molar-refractivity contribution in [3.05, 3.63) is 58.0 Å². The summed E-state index contributed by atoms with van der Waals surface area (Å²) in [4.78, 5) is 5.50. The monoisotopic (exact) mass is 319 g/mol. The molecule has 2 N–H and O–H groups in total. The fraction of sp³-hybridized carbons (Fsp3) is 0.353. The SMILES string of the molecule is CN=C(NCc1cccs1)NCC(C)(C)c1ccc(F)cc1. The van der Waals surface area contributed by atoms with Crippen LogP contribution in [0.1, 0.15) is 24.3 Å². The number of hydrogen-bond acceptors (Lipinski definition) is 2. The van der Waals surface area contributed by atoms with Crippen molar-refractivity contribution in [3.63, 3.8) is 0 Å². The first-order chi connectivity index (χ1) is 10.5. The summed E-state index contributed by atoms with van der Waals surface area (Å²) >= 11 is 1.72. The van der Waals surface area contributed by atoms with Gasteiger partial charge in [-0.15, -0.1) is 11.3 Å². The van der Waals surface area contributed by atoms with Crippen LogP contribution in [0, 0.1) is 5.82 Å². The average molecular weight is 319 g/mol. The third-order valence-electron chi connectivity index (χ3n) is 3.56. The number of nitrogens with zero attached hydrogens (tertiary/aromatic N) is 1. The minimum Gasteiger partial charge on any atom is -0.356 e. The number of thiophene rings is 1. The van der Waals surface area contributed by atoms with Crippen molar-refractivity contribution >= 4 is 17.3 Å².